The molecular formula is C20H18ClN3O3. The summed E-state index contributed by atoms with van der Waals surface area (Å²) in [6.07, 6.45) is 1.76. The number of halogens is 1. The van der Waals surface area contributed by atoms with Crippen LogP contribution >= 0.6 is 11.6 Å². The number of carbonyl (C=O) groups is 1. The van der Waals surface area contributed by atoms with Gasteiger partial charge in [0.15, 0.2) is 17.2 Å². The van der Waals surface area contributed by atoms with Crippen molar-refractivity contribution < 1.29 is 14.3 Å². The number of hydrogen-bond donors (Lipinski definition) is 0. The Morgan fingerprint density at radius 1 is 1.19 bits per heavy atom. The highest BCUT2D eigenvalue weighted by Crippen LogP contribution is 2.32. The Labute approximate surface area is 161 Å². The van der Waals surface area contributed by atoms with Crippen LogP contribution < -0.4 is 9.47 Å². The number of aromatic nitrogens is 2. The third-order valence-corrected chi connectivity index (χ3v) is 4.60. The summed E-state index contributed by atoms with van der Waals surface area (Å²) >= 11 is 6.03. The first-order valence-electron chi connectivity index (χ1n) is 8.63. The highest BCUT2D eigenvalue weighted by atomic mass is 35.5. The zero-order chi connectivity index (χ0) is 18.8. The Hall–Kier alpha value is -2.99. The Bertz CT molecular complexity index is 986. The third-order valence-electron chi connectivity index (χ3n) is 4.36. The van der Waals surface area contributed by atoms with Gasteiger partial charge in [-0.2, -0.15) is 5.10 Å². The van der Waals surface area contributed by atoms with E-state index in [2.05, 4.69) is 5.10 Å². The molecule has 1 amide bonds. The van der Waals surface area contributed by atoms with Gasteiger partial charge in [0.25, 0.3) is 5.91 Å². The van der Waals surface area contributed by atoms with E-state index in [0.717, 1.165) is 17.0 Å². The van der Waals surface area contributed by atoms with E-state index in [4.69, 9.17) is 21.1 Å². The van der Waals surface area contributed by atoms with Crippen LogP contribution in [0.2, 0.25) is 5.02 Å². The summed E-state index contributed by atoms with van der Waals surface area (Å²) in [5, 5.41) is 5.03. The van der Waals surface area contributed by atoms with Crippen LogP contribution in [0.15, 0.2) is 54.7 Å². The van der Waals surface area contributed by atoms with Gasteiger partial charge in [0.1, 0.15) is 0 Å². The van der Waals surface area contributed by atoms with E-state index in [1.807, 2.05) is 37.3 Å². The molecule has 0 saturated carbocycles. The fraction of sp³-hybridized carbons (Fsp3) is 0.200. The summed E-state index contributed by atoms with van der Waals surface area (Å²) in [4.78, 5) is 14.6. The maximum atomic E-state index is 12.9. The van der Waals surface area contributed by atoms with Gasteiger partial charge < -0.3 is 14.4 Å². The normalized spacial score (nSPS) is 12.2. The average molecular weight is 384 g/mol. The van der Waals surface area contributed by atoms with Gasteiger partial charge in [0.05, 0.1) is 5.69 Å². The predicted octanol–water partition coefficient (Wildman–Crippen LogP) is 3.92. The zero-order valence-corrected chi connectivity index (χ0v) is 15.5. The quantitative estimate of drug-likeness (QED) is 0.670. The van der Waals surface area contributed by atoms with Gasteiger partial charge in [-0.1, -0.05) is 23.7 Å². The van der Waals surface area contributed by atoms with Gasteiger partial charge in [0, 0.05) is 24.3 Å². The molecule has 0 aliphatic carbocycles. The second kappa shape index (κ2) is 7.32. The molecule has 4 rings (SSSR count). The SMILES string of the molecule is CCN(Cc1ccc2c(c1)OCO2)C(=O)c1ccn(-c2cccc(Cl)c2)n1. The van der Waals surface area contributed by atoms with Gasteiger partial charge in [0.2, 0.25) is 6.79 Å². The lowest BCUT2D eigenvalue weighted by molar-refractivity contribution is 0.0746. The molecule has 1 aliphatic rings. The van der Waals surface area contributed by atoms with Crippen molar-refractivity contribution in [1.82, 2.24) is 14.7 Å². The van der Waals surface area contributed by atoms with Crippen molar-refractivity contribution in [3.8, 4) is 17.2 Å². The van der Waals surface area contributed by atoms with Gasteiger partial charge in [-0.3, -0.25) is 4.79 Å². The number of hydrogen-bond acceptors (Lipinski definition) is 4. The second-order valence-corrected chi connectivity index (χ2v) is 6.57. The Morgan fingerprint density at radius 2 is 2.04 bits per heavy atom. The monoisotopic (exact) mass is 383 g/mol. The van der Waals surface area contributed by atoms with Crippen LogP contribution in [0.5, 0.6) is 11.5 Å². The first-order valence-corrected chi connectivity index (χ1v) is 9.01. The fourth-order valence-corrected chi connectivity index (χ4v) is 3.13. The van der Waals surface area contributed by atoms with Crippen molar-refractivity contribution >= 4 is 17.5 Å². The van der Waals surface area contributed by atoms with E-state index in [-0.39, 0.29) is 12.7 Å². The van der Waals surface area contributed by atoms with Crippen LogP contribution in [0, 0.1) is 0 Å². The van der Waals surface area contributed by atoms with E-state index in [1.165, 1.54) is 0 Å². The summed E-state index contributed by atoms with van der Waals surface area (Å²) in [6.45, 7) is 3.21. The molecule has 3 aromatic rings. The molecule has 1 aliphatic heterocycles. The van der Waals surface area contributed by atoms with Crippen LogP contribution in [-0.2, 0) is 6.54 Å². The van der Waals surface area contributed by atoms with Crippen LogP contribution in [0.25, 0.3) is 5.69 Å². The first-order chi connectivity index (χ1) is 13.1. The fourth-order valence-electron chi connectivity index (χ4n) is 2.95. The van der Waals surface area contributed by atoms with Gasteiger partial charge in [-0.05, 0) is 48.9 Å². The van der Waals surface area contributed by atoms with Crippen LogP contribution in [-0.4, -0.2) is 33.9 Å². The molecule has 0 atom stereocenters. The summed E-state index contributed by atoms with van der Waals surface area (Å²) in [6, 6.07) is 14.8. The van der Waals surface area contributed by atoms with E-state index in [0.29, 0.717) is 29.6 Å². The van der Waals surface area contributed by atoms with E-state index in [1.54, 1.807) is 34.0 Å². The smallest absolute Gasteiger partial charge is 0.274 e. The van der Waals surface area contributed by atoms with Crippen molar-refractivity contribution in [2.75, 3.05) is 13.3 Å². The molecule has 0 spiro atoms. The maximum Gasteiger partial charge on any atom is 0.274 e. The zero-order valence-electron chi connectivity index (χ0n) is 14.8. The minimum absolute atomic E-state index is 0.129. The van der Waals surface area contributed by atoms with Crippen molar-refractivity contribution in [2.24, 2.45) is 0 Å². The molecule has 0 unspecified atom stereocenters. The molecule has 6 nitrogen and oxygen atoms in total. The molecule has 0 bridgehead atoms. The molecule has 2 heterocycles. The van der Waals surface area contributed by atoms with E-state index >= 15 is 0 Å². The molecule has 138 valence electrons. The van der Waals surface area contributed by atoms with Crippen molar-refractivity contribution in [1.29, 1.82) is 0 Å². The number of rotatable bonds is 5. The standard InChI is InChI=1S/C20H18ClN3O3/c1-2-23(12-14-6-7-18-19(10-14)27-13-26-18)20(25)17-8-9-24(22-17)16-5-3-4-15(21)11-16/h3-11H,2,12-13H2,1H3. The van der Waals surface area contributed by atoms with Crippen molar-refractivity contribution in [3.63, 3.8) is 0 Å². The highest BCUT2D eigenvalue weighted by molar-refractivity contribution is 6.30. The molecule has 0 radical (unpaired) electrons. The average Bonchev–Trinajstić information content (AvgIpc) is 3.34. The Morgan fingerprint density at radius 3 is 2.85 bits per heavy atom. The van der Waals surface area contributed by atoms with Crippen LogP contribution in [0.1, 0.15) is 23.0 Å². The molecule has 1 aromatic heterocycles. The number of nitrogens with zero attached hydrogens (tertiary/aromatic N) is 3. The molecular weight excluding hydrogens is 366 g/mol. The minimum atomic E-state index is -0.129. The molecule has 0 saturated heterocycles. The molecule has 0 fully saturated rings. The summed E-state index contributed by atoms with van der Waals surface area (Å²) in [5.74, 6) is 1.31. The second-order valence-electron chi connectivity index (χ2n) is 6.13. The molecule has 27 heavy (non-hydrogen) atoms. The highest BCUT2D eigenvalue weighted by Gasteiger charge is 2.19. The summed E-state index contributed by atoms with van der Waals surface area (Å²) in [7, 11) is 0. The van der Waals surface area contributed by atoms with Gasteiger partial charge in [-0.25, -0.2) is 4.68 Å². The Kier molecular flexibility index (Phi) is 4.73. The third kappa shape index (κ3) is 3.61. The number of ether oxygens (including phenoxy) is 2. The Balaban J connectivity index is 1.52. The topological polar surface area (TPSA) is 56.6 Å². The number of amides is 1. The lowest BCUT2D eigenvalue weighted by Gasteiger charge is -2.20. The van der Waals surface area contributed by atoms with Crippen molar-refractivity contribution in [2.45, 2.75) is 13.5 Å². The number of benzene rings is 2. The lowest BCUT2D eigenvalue weighted by Crippen LogP contribution is -2.30. The molecule has 7 heteroatoms. The summed E-state index contributed by atoms with van der Waals surface area (Å²) in [5.41, 5.74) is 2.17. The molecule has 0 N–H and O–H groups in total. The molecule has 2 aromatic carbocycles. The van der Waals surface area contributed by atoms with E-state index in [9.17, 15) is 4.79 Å². The number of carbonyl (C=O) groups excluding carboxylic acids is 1. The van der Waals surface area contributed by atoms with Crippen molar-refractivity contribution in [3.05, 3.63) is 71.0 Å². The minimum Gasteiger partial charge on any atom is -0.454 e. The maximum absolute atomic E-state index is 12.9. The van der Waals surface area contributed by atoms with Crippen LogP contribution in [0.3, 0.4) is 0 Å². The number of fused-ring (bicyclic) bond motifs is 1. The summed E-state index contributed by atoms with van der Waals surface area (Å²) < 4.78 is 12.4. The first kappa shape index (κ1) is 17.4. The van der Waals surface area contributed by atoms with Crippen LogP contribution in [0.4, 0.5) is 0 Å². The lowest BCUT2D eigenvalue weighted by atomic mass is 10.2. The van der Waals surface area contributed by atoms with Gasteiger partial charge >= 0.3 is 0 Å². The van der Waals surface area contributed by atoms with Gasteiger partial charge in [-0.15, -0.1) is 0 Å². The predicted molar refractivity (Wildman–Crippen MR) is 102 cm³/mol. The largest absolute Gasteiger partial charge is 0.454 e. The van der Waals surface area contributed by atoms with E-state index < -0.39 is 0 Å².